The summed E-state index contributed by atoms with van der Waals surface area (Å²) >= 11 is 1.41. The Morgan fingerprint density at radius 3 is 2.60 bits per heavy atom. The maximum absolute atomic E-state index is 12.1. The summed E-state index contributed by atoms with van der Waals surface area (Å²) in [5.41, 5.74) is 0. The van der Waals surface area contributed by atoms with Crippen LogP contribution in [-0.4, -0.2) is 19.5 Å². The normalized spacial score (nSPS) is 11.7. The number of sulfonamides is 1. The van der Waals surface area contributed by atoms with Crippen LogP contribution in [-0.2, 0) is 16.6 Å². The fraction of sp³-hybridized carbons (Fsp3) is 0.250. The molecule has 0 aromatic carbocycles. The van der Waals surface area contributed by atoms with Crippen molar-refractivity contribution in [1.29, 1.82) is 0 Å². The van der Waals surface area contributed by atoms with Gasteiger partial charge < -0.3 is 9.52 Å². The molecule has 2 rings (SSSR count). The summed E-state index contributed by atoms with van der Waals surface area (Å²) in [6, 6.07) is 4.32. The Balaban J connectivity index is 2.13. The van der Waals surface area contributed by atoms with E-state index >= 15 is 0 Å². The van der Waals surface area contributed by atoms with E-state index in [4.69, 9.17) is 9.52 Å². The predicted molar refractivity (Wildman–Crippen MR) is 73.5 cm³/mol. The van der Waals surface area contributed by atoms with Crippen LogP contribution in [0.15, 0.2) is 27.5 Å². The number of aryl methyl sites for hydroxylation is 2. The summed E-state index contributed by atoms with van der Waals surface area (Å²) in [7, 11) is -3.63. The molecule has 0 amide bonds. The largest absolute Gasteiger partial charge is 0.475 e. The Bertz CT molecular complexity index is 742. The number of thiophene rings is 1. The number of nitrogens with one attached hydrogen (secondary N) is 1. The topological polar surface area (TPSA) is 96.6 Å². The predicted octanol–water partition coefficient (Wildman–Crippen LogP) is 2.13. The lowest BCUT2D eigenvalue weighted by Crippen LogP contribution is -2.23. The first-order valence-corrected chi connectivity index (χ1v) is 7.98. The molecule has 0 spiro atoms. The fourth-order valence-corrected chi connectivity index (χ4v) is 4.25. The Morgan fingerprint density at radius 1 is 1.40 bits per heavy atom. The second-order valence-corrected chi connectivity index (χ2v) is 7.37. The van der Waals surface area contributed by atoms with Crippen LogP contribution >= 0.6 is 11.3 Å². The van der Waals surface area contributed by atoms with Gasteiger partial charge in [-0.3, -0.25) is 0 Å². The third-order valence-electron chi connectivity index (χ3n) is 2.59. The van der Waals surface area contributed by atoms with Crippen molar-refractivity contribution in [1.82, 2.24) is 4.72 Å². The smallest absolute Gasteiger partial charge is 0.371 e. The third-order valence-corrected chi connectivity index (χ3v) is 5.22. The van der Waals surface area contributed by atoms with E-state index in [-0.39, 0.29) is 23.0 Å². The minimum absolute atomic E-state index is 0.0933. The molecule has 8 heteroatoms. The minimum atomic E-state index is -3.63. The molecule has 20 heavy (non-hydrogen) atoms. The average Bonchev–Trinajstić information content (AvgIpc) is 2.93. The zero-order chi connectivity index (χ0) is 14.9. The second-order valence-electron chi connectivity index (χ2n) is 4.17. The lowest BCUT2D eigenvalue weighted by Gasteiger charge is -2.04. The van der Waals surface area contributed by atoms with Gasteiger partial charge in [0.25, 0.3) is 0 Å². The molecule has 2 N–H and O–H groups in total. The van der Waals surface area contributed by atoms with Gasteiger partial charge in [0.2, 0.25) is 15.8 Å². The number of furan rings is 1. The van der Waals surface area contributed by atoms with Gasteiger partial charge in [0, 0.05) is 9.75 Å². The van der Waals surface area contributed by atoms with Crippen molar-refractivity contribution in [2.24, 2.45) is 0 Å². The number of carboxylic acid groups (broad SMARTS) is 1. The molecule has 0 bridgehead atoms. The third kappa shape index (κ3) is 3.09. The number of rotatable bonds is 5. The molecule has 0 saturated heterocycles. The molecular weight excluding hydrogens is 302 g/mol. The number of carboxylic acids is 1. The highest BCUT2D eigenvalue weighted by atomic mass is 32.2. The van der Waals surface area contributed by atoms with E-state index in [1.54, 1.807) is 13.0 Å². The van der Waals surface area contributed by atoms with Gasteiger partial charge in [0.15, 0.2) is 0 Å². The average molecular weight is 315 g/mol. The van der Waals surface area contributed by atoms with Gasteiger partial charge in [-0.15, -0.1) is 11.3 Å². The maximum atomic E-state index is 12.1. The number of hydrogen-bond acceptors (Lipinski definition) is 5. The van der Waals surface area contributed by atoms with Crippen LogP contribution in [0.5, 0.6) is 0 Å². The van der Waals surface area contributed by atoms with Crippen LogP contribution in [0.25, 0.3) is 0 Å². The Morgan fingerprint density at radius 2 is 2.10 bits per heavy atom. The molecule has 0 aliphatic carbocycles. The van der Waals surface area contributed by atoms with Crippen LogP contribution < -0.4 is 4.72 Å². The van der Waals surface area contributed by atoms with Gasteiger partial charge in [-0.2, -0.15) is 0 Å². The SMILES string of the molecule is Cc1cc(S(=O)(=O)NCc2ccc(C(=O)O)o2)c(C)s1. The zero-order valence-electron chi connectivity index (χ0n) is 10.8. The van der Waals surface area contributed by atoms with Crippen molar-refractivity contribution >= 4 is 27.3 Å². The lowest BCUT2D eigenvalue weighted by molar-refractivity contribution is 0.0660. The van der Waals surface area contributed by atoms with Gasteiger partial charge in [0.1, 0.15) is 5.76 Å². The van der Waals surface area contributed by atoms with Crippen LogP contribution in [0, 0.1) is 13.8 Å². The molecule has 0 aliphatic rings. The molecule has 2 aromatic rings. The Kier molecular flexibility index (Phi) is 3.98. The van der Waals surface area contributed by atoms with Gasteiger partial charge in [-0.1, -0.05) is 0 Å². The van der Waals surface area contributed by atoms with E-state index < -0.39 is 16.0 Å². The van der Waals surface area contributed by atoms with E-state index in [0.717, 1.165) is 4.88 Å². The minimum Gasteiger partial charge on any atom is -0.475 e. The molecule has 2 heterocycles. The van der Waals surface area contributed by atoms with E-state index in [1.165, 1.54) is 23.5 Å². The molecule has 2 aromatic heterocycles. The van der Waals surface area contributed by atoms with Gasteiger partial charge in [0.05, 0.1) is 11.4 Å². The first-order valence-electron chi connectivity index (χ1n) is 5.68. The second kappa shape index (κ2) is 5.39. The number of hydrogen-bond donors (Lipinski definition) is 2. The summed E-state index contributed by atoms with van der Waals surface area (Å²) in [6.45, 7) is 3.48. The molecule has 0 saturated carbocycles. The van der Waals surface area contributed by atoms with Crippen LogP contribution in [0.3, 0.4) is 0 Å². The van der Waals surface area contributed by atoms with Gasteiger partial charge in [-0.05, 0) is 32.0 Å². The van der Waals surface area contributed by atoms with E-state index in [2.05, 4.69) is 4.72 Å². The first kappa shape index (κ1) is 14.8. The van der Waals surface area contributed by atoms with E-state index in [0.29, 0.717) is 4.88 Å². The summed E-state index contributed by atoms with van der Waals surface area (Å²) in [4.78, 5) is 12.5. The van der Waals surface area contributed by atoms with Crippen molar-refractivity contribution in [3.8, 4) is 0 Å². The zero-order valence-corrected chi connectivity index (χ0v) is 12.5. The van der Waals surface area contributed by atoms with E-state index in [9.17, 15) is 13.2 Å². The molecule has 108 valence electrons. The highest BCUT2D eigenvalue weighted by molar-refractivity contribution is 7.89. The Hall–Kier alpha value is -1.64. The molecule has 6 nitrogen and oxygen atoms in total. The first-order chi connectivity index (χ1) is 9.29. The van der Waals surface area contributed by atoms with Crippen molar-refractivity contribution in [2.75, 3.05) is 0 Å². The van der Waals surface area contributed by atoms with Gasteiger partial charge in [-0.25, -0.2) is 17.9 Å². The van der Waals surface area contributed by atoms with Crippen molar-refractivity contribution in [3.05, 3.63) is 39.5 Å². The quantitative estimate of drug-likeness (QED) is 0.881. The molecule has 0 unspecified atom stereocenters. The molecular formula is C12H13NO5S2. The van der Waals surface area contributed by atoms with Crippen molar-refractivity contribution < 1.29 is 22.7 Å². The van der Waals surface area contributed by atoms with Crippen LogP contribution in [0.2, 0.25) is 0 Å². The standard InChI is InChI=1S/C12H13NO5S2/c1-7-5-11(8(2)19-7)20(16,17)13-6-9-3-4-10(18-9)12(14)15/h3-5,13H,6H2,1-2H3,(H,14,15). The molecule has 0 atom stereocenters. The van der Waals surface area contributed by atoms with Gasteiger partial charge >= 0.3 is 5.97 Å². The highest BCUT2D eigenvalue weighted by Crippen LogP contribution is 2.24. The monoisotopic (exact) mass is 315 g/mol. The summed E-state index contributed by atoms with van der Waals surface area (Å²) in [5, 5.41) is 8.71. The number of aromatic carboxylic acids is 1. The lowest BCUT2D eigenvalue weighted by atomic mass is 10.4. The van der Waals surface area contributed by atoms with Crippen molar-refractivity contribution in [3.63, 3.8) is 0 Å². The molecule has 0 radical (unpaired) electrons. The highest BCUT2D eigenvalue weighted by Gasteiger charge is 2.19. The van der Waals surface area contributed by atoms with Crippen LogP contribution in [0.4, 0.5) is 0 Å². The maximum Gasteiger partial charge on any atom is 0.371 e. The Labute approximate surface area is 120 Å². The fourth-order valence-electron chi connectivity index (χ4n) is 1.71. The summed E-state index contributed by atoms with van der Waals surface area (Å²) in [6.07, 6.45) is 0. The van der Waals surface area contributed by atoms with Crippen LogP contribution in [0.1, 0.15) is 26.1 Å². The summed E-state index contributed by atoms with van der Waals surface area (Å²) < 4.78 is 31.6. The van der Waals surface area contributed by atoms with Crippen molar-refractivity contribution in [2.45, 2.75) is 25.3 Å². The molecule has 0 aliphatic heterocycles. The molecule has 0 fully saturated rings. The summed E-state index contributed by atoms with van der Waals surface area (Å²) in [5.74, 6) is -1.17. The number of carbonyl (C=O) groups is 1. The van der Waals surface area contributed by atoms with E-state index in [1.807, 2.05) is 6.92 Å².